The number of benzene rings is 1. The molecule has 4 rings (SSSR count). The van der Waals surface area contributed by atoms with Crippen molar-refractivity contribution in [1.82, 2.24) is 19.7 Å². The summed E-state index contributed by atoms with van der Waals surface area (Å²) in [5, 5.41) is 16.6. The van der Waals surface area contributed by atoms with Crippen molar-refractivity contribution in [3.05, 3.63) is 53.1 Å². The number of pyridine rings is 1. The van der Waals surface area contributed by atoms with Crippen LogP contribution in [-0.2, 0) is 24.9 Å². The summed E-state index contributed by atoms with van der Waals surface area (Å²) >= 11 is 0. The molecule has 1 atom stereocenters. The second kappa shape index (κ2) is 10.5. The standard InChI is InChI=1S/C26H30FN5O5/c1-14(2)8-19(26(34)35)29-24-22(27)18-13-32(12-15-6-7-17(36-4)9-20(15)37-5)25(33)21(18)23(30-24)16-10-28-31(3)11-16/h6-7,9-11,14,19H,8,12-13H2,1-5H3,(H,29,30)(H,34,35)/t19-/m1/s1. The molecular weight excluding hydrogens is 481 g/mol. The second-order valence-electron chi connectivity index (χ2n) is 9.38. The SMILES string of the molecule is COc1ccc(CN2Cc3c(F)c(N[C@H](CC(C)C)C(=O)O)nc(-c4cnn(C)c4)c3C2=O)c(OC)c1. The molecule has 1 aliphatic heterocycles. The van der Waals surface area contributed by atoms with Crippen molar-refractivity contribution >= 4 is 17.7 Å². The zero-order valence-electron chi connectivity index (χ0n) is 21.4. The van der Waals surface area contributed by atoms with Gasteiger partial charge in [-0.1, -0.05) is 13.8 Å². The number of hydrogen-bond donors (Lipinski definition) is 2. The Kier molecular flexibility index (Phi) is 7.33. The largest absolute Gasteiger partial charge is 0.497 e. The fraction of sp³-hybridized carbons (Fsp3) is 0.385. The van der Waals surface area contributed by atoms with E-state index in [1.54, 1.807) is 43.2 Å². The first-order valence-electron chi connectivity index (χ1n) is 11.8. The number of amides is 1. The molecule has 37 heavy (non-hydrogen) atoms. The molecule has 1 amide bonds. The minimum absolute atomic E-state index is 0.0123. The third kappa shape index (κ3) is 5.20. The average Bonchev–Trinajstić information content (AvgIpc) is 3.43. The molecule has 3 aromatic rings. The Morgan fingerprint density at radius 1 is 1.27 bits per heavy atom. The average molecular weight is 512 g/mol. The Bertz CT molecular complexity index is 1340. The number of aryl methyl sites for hydroxylation is 1. The van der Waals surface area contributed by atoms with Gasteiger partial charge < -0.3 is 24.8 Å². The van der Waals surface area contributed by atoms with E-state index in [0.29, 0.717) is 17.1 Å². The van der Waals surface area contributed by atoms with Gasteiger partial charge in [-0.05, 0) is 24.5 Å². The number of halogens is 1. The topological polar surface area (TPSA) is 119 Å². The van der Waals surface area contributed by atoms with E-state index in [-0.39, 0.29) is 54.0 Å². The predicted octanol–water partition coefficient (Wildman–Crippen LogP) is 3.71. The molecule has 0 saturated carbocycles. The number of nitrogens with zero attached hydrogens (tertiary/aromatic N) is 4. The van der Waals surface area contributed by atoms with Gasteiger partial charge in [0.05, 0.1) is 38.2 Å². The number of fused-ring (bicyclic) bond motifs is 1. The normalized spacial score (nSPS) is 13.6. The molecule has 0 unspecified atom stereocenters. The third-order valence-electron chi connectivity index (χ3n) is 6.24. The van der Waals surface area contributed by atoms with Gasteiger partial charge >= 0.3 is 5.97 Å². The van der Waals surface area contributed by atoms with Gasteiger partial charge in [-0.15, -0.1) is 0 Å². The summed E-state index contributed by atoms with van der Waals surface area (Å²) in [6.07, 6.45) is 3.49. The van der Waals surface area contributed by atoms with Gasteiger partial charge in [0, 0.05) is 42.5 Å². The zero-order chi connectivity index (χ0) is 26.9. The third-order valence-corrected chi connectivity index (χ3v) is 6.24. The van der Waals surface area contributed by atoms with E-state index in [1.165, 1.54) is 18.2 Å². The highest BCUT2D eigenvalue weighted by Gasteiger charge is 2.37. The molecule has 2 aromatic heterocycles. The summed E-state index contributed by atoms with van der Waals surface area (Å²) in [7, 11) is 4.79. The fourth-order valence-corrected chi connectivity index (χ4v) is 4.43. The Hall–Kier alpha value is -4.15. The predicted molar refractivity (Wildman–Crippen MR) is 134 cm³/mol. The van der Waals surface area contributed by atoms with E-state index in [4.69, 9.17) is 9.47 Å². The van der Waals surface area contributed by atoms with Crippen LogP contribution in [0.2, 0.25) is 0 Å². The van der Waals surface area contributed by atoms with Crippen LogP contribution in [0.25, 0.3) is 11.3 Å². The van der Waals surface area contributed by atoms with E-state index >= 15 is 4.39 Å². The van der Waals surface area contributed by atoms with Gasteiger partial charge in [-0.2, -0.15) is 5.10 Å². The number of anilines is 1. The minimum Gasteiger partial charge on any atom is -0.497 e. The van der Waals surface area contributed by atoms with Gasteiger partial charge in [-0.3, -0.25) is 9.48 Å². The Morgan fingerprint density at radius 3 is 2.62 bits per heavy atom. The van der Waals surface area contributed by atoms with Crippen LogP contribution in [0.1, 0.15) is 41.8 Å². The van der Waals surface area contributed by atoms with Crippen LogP contribution in [0, 0.1) is 11.7 Å². The van der Waals surface area contributed by atoms with Crippen LogP contribution in [0.15, 0.2) is 30.6 Å². The number of aliphatic carboxylic acids is 1. The van der Waals surface area contributed by atoms with Crippen LogP contribution >= 0.6 is 0 Å². The number of methoxy groups -OCH3 is 2. The van der Waals surface area contributed by atoms with Crippen molar-refractivity contribution in [2.75, 3.05) is 19.5 Å². The number of nitrogens with one attached hydrogen (secondary N) is 1. The quantitative estimate of drug-likeness (QED) is 0.423. The van der Waals surface area contributed by atoms with Gasteiger partial charge in [-0.25, -0.2) is 14.2 Å². The Morgan fingerprint density at radius 2 is 2.03 bits per heavy atom. The molecule has 196 valence electrons. The highest BCUT2D eigenvalue weighted by Crippen LogP contribution is 2.37. The molecule has 0 bridgehead atoms. The second-order valence-corrected chi connectivity index (χ2v) is 9.38. The number of rotatable bonds is 10. The molecule has 0 aliphatic carbocycles. The molecule has 1 aliphatic rings. The number of carboxylic acid groups (broad SMARTS) is 1. The lowest BCUT2D eigenvalue weighted by molar-refractivity contribution is -0.138. The zero-order valence-corrected chi connectivity index (χ0v) is 21.4. The number of ether oxygens (including phenoxy) is 2. The monoisotopic (exact) mass is 511 g/mol. The number of hydrogen-bond acceptors (Lipinski definition) is 7. The highest BCUT2D eigenvalue weighted by atomic mass is 19.1. The first-order chi connectivity index (χ1) is 17.6. The van der Waals surface area contributed by atoms with Crippen molar-refractivity contribution < 1.29 is 28.6 Å². The number of carbonyl (C=O) groups is 2. The molecule has 11 heteroatoms. The van der Waals surface area contributed by atoms with Crippen LogP contribution in [-0.4, -0.2) is 56.9 Å². The van der Waals surface area contributed by atoms with Crippen molar-refractivity contribution in [3.8, 4) is 22.8 Å². The number of carboxylic acids is 1. The molecule has 2 N–H and O–H groups in total. The van der Waals surface area contributed by atoms with E-state index < -0.39 is 17.8 Å². The summed E-state index contributed by atoms with van der Waals surface area (Å²) in [4.78, 5) is 31.3. The minimum atomic E-state index is -1.11. The maximum atomic E-state index is 15.8. The lowest BCUT2D eigenvalue weighted by Gasteiger charge is -2.19. The molecule has 0 fully saturated rings. The fourth-order valence-electron chi connectivity index (χ4n) is 4.43. The van der Waals surface area contributed by atoms with Gasteiger partial charge in [0.15, 0.2) is 11.6 Å². The molecule has 10 nitrogen and oxygen atoms in total. The van der Waals surface area contributed by atoms with Crippen LogP contribution < -0.4 is 14.8 Å². The van der Waals surface area contributed by atoms with E-state index in [1.807, 2.05) is 13.8 Å². The molecule has 0 radical (unpaired) electrons. The van der Waals surface area contributed by atoms with Crippen LogP contribution in [0.4, 0.5) is 10.2 Å². The maximum Gasteiger partial charge on any atom is 0.326 e. The van der Waals surface area contributed by atoms with E-state index in [0.717, 1.165) is 5.56 Å². The van der Waals surface area contributed by atoms with Crippen molar-refractivity contribution in [2.24, 2.45) is 13.0 Å². The molecule has 1 aromatic carbocycles. The van der Waals surface area contributed by atoms with Crippen LogP contribution in [0.5, 0.6) is 11.5 Å². The first-order valence-corrected chi connectivity index (χ1v) is 11.8. The van der Waals surface area contributed by atoms with Gasteiger partial charge in [0.1, 0.15) is 17.5 Å². The van der Waals surface area contributed by atoms with Crippen molar-refractivity contribution in [2.45, 2.75) is 39.4 Å². The first kappa shape index (κ1) is 25.9. The number of aromatic nitrogens is 3. The Balaban J connectivity index is 1.76. The Labute approximate surface area is 214 Å². The summed E-state index contributed by atoms with van der Waals surface area (Å²) in [6, 6.07) is 4.23. The maximum absolute atomic E-state index is 15.8. The van der Waals surface area contributed by atoms with Crippen molar-refractivity contribution in [1.29, 1.82) is 0 Å². The van der Waals surface area contributed by atoms with Crippen molar-refractivity contribution in [3.63, 3.8) is 0 Å². The van der Waals surface area contributed by atoms with Gasteiger partial charge in [0.25, 0.3) is 5.91 Å². The summed E-state index contributed by atoms with van der Waals surface area (Å²) in [5.74, 6) is -1.24. The lowest BCUT2D eigenvalue weighted by Crippen LogP contribution is -2.31. The summed E-state index contributed by atoms with van der Waals surface area (Å²) in [5.41, 5.74) is 1.79. The summed E-state index contributed by atoms with van der Waals surface area (Å²) < 4.78 is 28.1. The lowest BCUT2D eigenvalue weighted by atomic mass is 10.0. The molecule has 0 spiro atoms. The molecule has 0 saturated heterocycles. The smallest absolute Gasteiger partial charge is 0.326 e. The van der Waals surface area contributed by atoms with Crippen LogP contribution in [0.3, 0.4) is 0 Å². The van der Waals surface area contributed by atoms with E-state index in [9.17, 15) is 14.7 Å². The summed E-state index contributed by atoms with van der Waals surface area (Å²) in [6.45, 7) is 3.92. The number of carbonyl (C=O) groups excluding carboxylic acids is 1. The van der Waals surface area contributed by atoms with Gasteiger partial charge in [0.2, 0.25) is 0 Å². The van der Waals surface area contributed by atoms with E-state index in [2.05, 4.69) is 15.4 Å². The molecular formula is C26H30FN5O5. The highest BCUT2D eigenvalue weighted by molar-refractivity contribution is 6.04. The molecule has 3 heterocycles.